The zero-order valence-electron chi connectivity index (χ0n) is 17.3. The van der Waals surface area contributed by atoms with Crippen LogP contribution in [0.15, 0.2) is 36.4 Å². The first-order valence-corrected chi connectivity index (χ1v) is 9.70. The molecule has 0 radical (unpaired) electrons. The van der Waals surface area contributed by atoms with Gasteiger partial charge in [0.2, 0.25) is 5.91 Å². The number of nitrogens with one attached hydrogen (secondary N) is 2. The largest absolute Gasteiger partial charge is 0.573 e. The maximum absolute atomic E-state index is 13.8. The van der Waals surface area contributed by atoms with Crippen molar-refractivity contribution in [2.24, 2.45) is 0 Å². The molecule has 7 nitrogen and oxygen atoms in total. The third-order valence-electron chi connectivity index (χ3n) is 4.88. The molecule has 2 atom stereocenters. The average molecular weight is 494 g/mol. The summed E-state index contributed by atoms with van der Waals surface area (Å²) in [6.45, 7) is 1.59. The average Bonchev–Trinajstić information content (AvgIpc) is 2.72. The van der Waals surface area contributed by atoms with E-state index in [4.69, 9.17) is 0 Å². The first kappa shape index (κ1) is 25.1. The molecule has 0 spiro atoms. The van der Waals surface area contributed by atoms with Gasteiger partial charge in [0, 0.05) is 13.1 Å². The molecule has 184 valence electrons. The molecule has 3 rings (SSSR count). The van der Waals surface area contributed by atoms with E-state index in [1.54, 1.807) is 0 Å². The van der Waals surface area contributed by atoms with Gasteiger partial charge in [-0.05, 0) is 36.8 Å². The lowest BCUT2D eigenvalue weighted by Crippen LogP contribution is -2.58. The fourth-order valence-electron chi connectivity index (χ4n) is 3.30. The summed E-state index contributed by atoms with van der Waals surface area (Å²) < 4.78 is 95.1. The summed E-state index contributed by atoms with van der Waals surface area (Å²) in [6.07, 6.45) is -10.2. The lowest BCUT2D eigenvalue weighted by atomic mass is 10.0. The number of carbonyl (C=O) groups is 2. The van der Waals surface area contributed by atoms with E-state index in [0.29, 0.717) is 6.07 Å². The molecule has 0 saturated carbocycles. The number of urea groups is 1. The number of hydrogen-bond donors (Lipinski definition) is 2. The molecule has 1 saturated heterocycles. The summed E-state index contributed by atoms with van der Waals surface area (Å²) >= 11 is 0. The highest BCUT2D eigenvalue weighted by Crippen LogP contribution is 2.33. The second-order valence-electron chi connectivity index (χ2n) is 7.23. The summed E-state index contributed by atoms with van der Waals surface area (Å²) in [6, 6.07) is 2.13. The van der Waals surface area contributed by atoms with Crippen LogP contribution in [-0.2, 0) is 11.0 Å². The van der Waals surface area contributed by atoms with Crippen LogP contribution >= 0.6 is 0 Å². The van der Waals surface area contributed by atoms with Crippen molar-refractivity contribution in [1.82, 2.24) is 20.5 Å². The van der Waals surface area contributed by atoms with Crippen molar-refractivity contribution in [3.63, 3.8) is 0 Å². The third-order valence-corrected chi connectivity index (χ3v) is 4.88. The molecule has 1 aromatic carbocycles. The normalized spacial score (nSPS) is 17.7. The molecule has 0 bridgehead atoms. The van der Waals surface area contributed by atoms with E-state index < -0.39 is 59.5 Å². The summed E-state index contributed by atoms with van der Waals surface area (Å²) in [7, 11) is 0. The molecule has 34 heavy (non-hydrogen) atoms. The van der Waals surface area contributed by atoms with Crippen LogP contribution in [0.4, 0.5) is 35.5 Å². The molecule has 14 heteroatoms. The van der Waals surface area contributed by atoms with Crippen LogP contribution in [0.1, 0.15) is 29.9 Å². The Balaban J connectivity index is 2.03. The predicted molar refractivity (Wildman–Crippen MR) is 102 cm³/mol. The highest BCUT2D eigenvalue weighted by Gasteiger charge is 2.38. The van der Waals surface area contributed by atoms with Gasteiger partial charge in [-0.25, -0.2) is 14.2 Å². The van der Waals surface area contributed by atoms with Gasteiger partial charge in [0.05, 0.1) is 11.7 Å². The lowest BCUT2D eigenvalue weighted by molar-refractivity contribution is -0.274. The van der Waals surface area contributed by atoms with Gasteiger partial charge in [-0.3, -0.25) is 4.79 Å². The van der Waals surface area contributed by atoms with Crippen LogP contribution in [0, 0.1) is 5.82 Å². The number of hydrogen-bond acceptors (Lipinski definition) is 4. The van der Waals surface area contributed by atoms with E-state index in [0.717, 1.165) is 29.2 Å². The first-order chi connectivity index (χ1) is 15.8. The van der Waals surface area contributed by atoms with Crippen LogP contribution in [0.25, 0.3) is 0 Å². The van der Waals surface area contributed by atoms with E-state index >= 15 is 0 Å². The standard InChI is InChI=1S/C20H17F7N4O3/c1-10-17(32)28-7-8-31(10)18(33)30-15(11-3-2-4-12(9-11)34-20(25,26)27)14-6-5-13(21)16(29-14)19(22,23)24/h2-6,9-10,15H,7-8H2,1H3,(H,28,32)(H,30,33)/t10-,15-/m1/s1. The number of benzene rings is 1. The van der Waals surface area contributed by atoms with Crippen LogP contribution in [0.3, 0.4) is 0 Å². The number of alkyl halides is 6. The van der Waals surface area contributed by atoms with Crippen molar-refractivity contribution in [2.45, 2.75) is 31.5 Å². The number of carbonyl (C=O) groups excluding carboxylic acids is 2. The number of pyridine rings is 1. The number of halogens is 7. The number of amides is 3. The molecular formula is C20H17F7N4O3. The Morgan fingerprint density at radius 3 is 2.56 bits per heavy atom. The summed E-state index contributed by atoms with van der Waals surface area (Å²) in [5.41, 5.74) is -2.49. The summed E-state index contributed by atoms with van der Waals surface area (Å²) in [4.78, 5) is 29.1. The number of ether oxygens (including phenoxy) is 1. The Hall–Kier alpha value is -3.58. The van der Waals surface area contributed by atoms with E-state index in [1.165, 1.54) is 13.0 Å². The second kappa shape index (κ2) is 9.35. The molecule has 1 aliphatic rings. The van der Waals surface area contributed by atoms with Crippen molar-refractivity contribution in [3.05, 3.63) is 59.2 Å². The van der Waals surface area contributed by atoms with Crippen molar-refractivity contribution in [3.8, 4) is 5.75 Å². The Bertz CT molecular complexity index is 1070. The van der Waals surface area contributed by atoms with Gasteiger partial charge in [-0.2, -0.15) is 13.2 Å². The van der Waals surface area contributed by atoms with Crippen molar-refractivity contribution >= 4 is 11.9 Å². The molecule has 1 aliphatic heterocycles. The van der Waals surface area contributed by atoms with E-state index in [9.17, 15) is 40.3 Å². The molecular weight excluding hydrogens is 477 g/mol. The molecule has 3 amide bonds. The number of aromatic nitrogens is 1. The number of nitrogens with zero attached hydrogens (tertiary/aromatic N) is 2. The fourth-order valence-corrected chi connectivity index (χ4v) is 3.30. The van der Waals surface area contributed by atoms with E-state index in [1.807, 2.05) is 0 Å². The minimum atomic E-state index is -5.17. The maximum Gasteiger partial charge on any atom is 0.573 e. The molecule has 2 N–H and O–H groups in total. The SMILES string of the molecule is C[C@@H]1C(=O)NCCN1C(=O)N[C@H](c1cccc(OC(F)(F)F)c1)c1ccc(F)c(C(F)(F)F)n1. The van der Waals surface area contributed by atoms with Gasteiger partial charge in [-0.15, -0.1) is 13.2 Å². The number of piperazine rings is 1. The highest BCUT2D eigenvalue weighted by atomic mass is 19.4. The third kappa shape index (κ3) is 5.85. The van der Waals surface area contributed by atoms with Gasteiger partial charge < -0.3 is 20.3 Å². The van der Waals surface area contributed by atoms with Crippen LogP contribution in [-0.4, -0.2) is 47.3 Å². The van der Waals surface area contributed by atoms with Gasteiger partial charge in [-0.1, -0.05) is 12.1 Å². The minimum absolute atomic E-state index is 0.0628. The van der Waals surface area contributed by atoms with E-state index in [2.05, 4.69) is 20.4 Å². The Morgan fingerprint density at radius 2 is 1.91 bits per heavy atom. The lowest BCUT2D eigenvalue weighted by Gasteiger charge is -2.34. The Morgan fingerprint density at radius 1 is 1.21 bits per heavy atom. The van der Waals surface area contributed by atoms with Crippen LogP contribution in [0.5, 0.6) is 5.75 Å². The fraction of sp³-hybridized carbons (Fsp3) is 0.350. The van der Waals surface area contributed by atoms with Crippen molar-refractivity contribution in [1.29, 1.82) is 0 Å². The van der Waals surface area contributed by atoms with Crippen molar-refractivity contribution in [2.75, 3.05) is 13.1 Å². The Kier molecular flexibility index (Phi) is 6.89. The number of rotatable bonds is 4. The summed E-state index contributed by atoms with van der Waals surface area (Å²) in [5.74, 6) is -2.84. The van der Waals surface area contributed by atoms with Crippen LogP contribution < -0.4 is 15.4 Å². The Labute approximate surface area is 187 Å². The maximum atomic E-state index is 13.8. The first-order valence-electron chi connectivity index (χ1n) is 9.70. The predicted octanol–water partition coefficient (Wildman–Crippen LogP) is 3.76. The van der Waals surface area contributed by atoms with Crippen LogP contribution in [0.2, 0.25) is 0 Å². The smallest absolute Gasteiger partial charge is 0.406 e. The molecule has 2 heterocycles. The van der Waals surface area contributed by atoms with Gasteiger partial charge >= 0.3 is 18.6 Å². The topological polar surface area (TPSA) is 83.6 Å². The molecule has 1 aromatic heterocycles. The summed E-state index contributed by atoms with van der Waals surface area (Å²) in [5, 5.41) is 4.91. The van der Waals surface area contributed by atoms with Gasteiger partial charge in [0.1, 0.15) is 11.8 Å². The molecule has 1 fully saturated rings. The molecule has 2 aromatic rings. The van der Waals surface area contributed by atoms with Gasteiger partial charge in [0.15, 0.2) is 11.5 Å². The zero-order valence-corrected chi connectivity index (χ0v) is 17.3. The quantitative estimate of drug-likeness (QED) is 0.635. The zero-order chi connectivity index (χ0) is 25.3. The van der Waals surface area contributed by atoms with Gasteiger partial charge in [0.25, 0.3) is 0 Å². The molecule has 0 unspecified atom stereocenters. The second-order valence-corrected chi connectivity index (χ2v) is 7.23. The van der Waals surface area contributed by atoms with Crippen molar-refractivity contribution < 1.29 is 45.1 Å². The minimum Gasteiger partial charge on any atom is -0.406 e. The highest BCUT2D eigenvalue weighted by molar-refractivity contribution is 5.88. The molecule has 0 aliphatic carbocycles. The van der Waals surface area contributed by atoms with E-state index in [-0.39, 0.29) is 18.7 Å². The monoisotopic (exact) mass is 494 g/mol.